The van der Waals surface area contributed by atoms with Crippen LogP contribution in [0.1, 0.15) is 24.7 Å². The van der Waals surface area contributed by atoms with E-state index in [2.05, 4.69) is 33.2 Å². The molecule has 1 saturated heterocycles. The average Bonchev–Trinajstić information content (AvgIpc) is 2.66. The SMILES string of the molecule is Cc1cc(NC2CCN(Cc3ccccn3)CC2C)c2cccc(F)c2n1. The van der Waals surface area contributed by atoms with Crippen molar-refractivity contribution in [3.05, 3.63) is 65.9 Å². The summed E-state index contributed by atoms with van der Waals surface area (Å²) in [7, 11) is 0. The van der Waals surface area contributed by atoms with Crippen LogP contribution in [0, 0.1) is 18.7 Å². The number of aromatic nitrogens is 2. The van der Waals surface area contributed by atoms with Crippen molar-refractivity contribution < 1.29 is 4.39 Å². The highest BCUT2D eigenvalue weighted by molar-refractivity contribution is 5.91. The number of fused-ring (bicyclic) bond motifs is 1. The largest absolute Gasteiger partial charge is 0.381 e. The Morgan fingerprint density at radius 1 is 1.22 bits per heavy atom. The lowest BCUT2D eigenvalue weighted by molar-refractivity contribution is 0.163. The highest BCUT2D eigenvalue weighted by atomic mass is 19.1. The summed E-state index contributed by atoms with van der Waals surface area (Å²) in [6.07, 6.45) is 2.90. The first-order valence-electron chi connectivity index (χ1n) is 9.55. The Labute approximate surface area is 159 Å². The van der Waals surface area contributed by atoms with Crippen molar-refractivity contribution in [3.63, 3.8) is 0 Å². The van der Waals surface area contributed by atoms with Crippen molar-refractivity contribution in [2.75, 3.05) is 18.4 Å². The van der Waals surface area contributed by atoms with E-state index in [9.17, 15) is 4.39 Å². The predicted octanol–water partition coefficient (Wildman–Crippen LogP) is 4.40. The predicted molar refractivity (Wildman–Crippen MR) is 107 cm³/mol. The molecule has 140 valence electrons. The summed E-state index contributed by atoms with van der Waals surface area (Å²) >= 11 is 0. The number of aryl methyl sites for hydroxylation is 1. The Hall–Kier alpha value is -2.53. The minimum absolute atomic E-state index is 0.266. The summed E-state index contributed by atoms with van der Waals surface area (Å²) in [5, 5.41) is 4.53. The molecule has 0 aliphatic carbocycles. The van der Waals surface area contributed by atoms with Crippen molar-refractivity contribution in [1.29, 1.82) is 0 Å². The number of halogens is 1. The van der Waals surface area contributed by atoms with Gasteiger partial charge >= 0.3 is 0 Å². The smallest absolute Gasteiger partial charge is 0.149 e. The van der Waals surface area contributed by atoms with Gasteiger partial charge in [0.2, 0.25) is 0 Å². The lowest BCUT2D eigenvalue weighted by Crippen LogP contribution is -2.44. The highest BCUT2D eigenvalue weighted by Crippen LogP contribution is 2.29. The van der Waals surface area contributed by atoms with Crippen molar-refractivity contribution in [2.45, 2.75) is 32.9 Å². The number of hydrogen-bond acceptors (Lipinski definition) is 4. The van der Waals surface area contributed by atoms with Gasteiger partial charge in [0.15, 0.2) is 0 Å². The molecular weight excluding hydrogens is 339 g/mol. The van der Waals surface area contributed by atoms with Crippen LogP contribution in [0.4, 0.5) is 10.1 Å². The van der Waals surface area contributed by atoms with E-state index in [4.69, 9.17) is 0 Å². The van der Waals surface area contributed by atoms with E-state index in [0.717, 1.165) is 48.5 Å². The molecule has 1 aromatic carbocycles. The van der Waals surface area contributed by atoms with Crippen LogP contribution in [-0.4, -0.2) is 34.0 Å². The number of anilines is 1. The fourth-order valence-corrected chi connectivity index (χ4v) is 3.97. The zero-order chi connectivity index (χ0) is 18.8. The Kier molecular flexibility index (Phi) is 5.03. The summed E-state index contributed by atoms with van der Waals surface area (Å²) in [5.74, 6) is 0.219. The quantitative estimate of drug-likeness (QED) is 0.745. The first-order valence-corrected chi connectivity index (χ1v) is 9.55. The maximum atomic E-state index is 14.2. The number of para-hydroxylation sites is 1. The first-order chi connectivity index (χ1) is 13.1. The molecule has 1 N–H and O–H groups in total. The molecule has 1 aliphatic heterocycles. The molecule has 0 saturated carbocycles. The zero-order valence-electron chi connectivity index (χ0n) is 15.8. The van der Waals surface area contributed by atoms with Crippen LogP contribution in [0.3, 0.4) is 0 Å². The second-order valence-corrected chi connectivity index (χ2v) is 7.52. The highest BCUT2D eigenvalue weighted by Gasteiger charge is 2.26. The number of nitrogens with one attached hydrogen (secondary N) is 1. The van der Waals surface area contributed by atoms with Gasteiger partial charge in [-0.3, -0.25) is 9.88 Å². The fraction of sp³-hybridized carbons (Fsp3) is 0.364. The van der Waals surface area contributed by atoms with Gasteiger partial charge in [0, 0.05) is 48.6 Å². The second-order valence-electron chi connectivity index (χ2n) is 7.52. The van der Waals surface area contributed by atoms with E-state index in [1.165, 1.54) is 6.07 Å². The standard InChI is InChI=1S/C22H25FN4/c1-15-13-27(14-17-6-3-4-10-24-17)11-9-20(15)26-21-12-16(2)25-22-18(21)7-5-8-19(22)23/h3-8,10,12,15,20H,9,11,13-14H2,1-2H3,(H,25,26). The van der Waals surface area contributed by atoms with Gasteiger partial charge in [-0.1, -0.05) is 25.1 Å². The number of pyridine rings is 2. The minimum Gasteiger partial charge on any atom is -0.381 e. The van der Waals surface area contributed by atoms with E-state index >= 15 is 0 Å². The maximum Gasteiger partial charge on any atom is 0.149 e. The van der Waals surface area contributed by atoms with Gasteiger partial charge in [-0.15, -0.1) is 0 Å². The van der Waals surface area contributed by atoms with Crippen molar-refractivity contribution in [1.82, 2.24) is 14.9 Å². The Bertz CT molecular complexity index is 928. The molecule has 0 amide bonds. The van der Waals surface area contributed by atoms with Crippen molar-refractivity contribution >= 4 is 16.6 Å². The number of rotatable bonds is 4. The molecule has 0 bridgehead atoms. The number of piperidine rings is 1. The van der Waals surface area contributed by atoms with E-state index in [1.807, 2.05) is 37.4 Å². The molecular formula is C22H25FN4. The number of benzene rings is 1. The molecule has 2 aromatic heterocycles. The molecule has 27 heavy (non-hydrogen) atoms. The lowest BCUT2D eigenvalue weighted by Gasteiger charge is -2.37. The fourth-order valence-electron chi connectivity index (χ4n) is 3.97. The zero-order valence-corrected chi connectivity index (χ0v) is 15.8. The third-order valence-corrected chi connectivity index (χ3v) is 5.36. The molecule has 5 heteroatoms. The monoisotopic (exact) mass is 364 g/mol. The third kappa shape index (κ3) is 3.93. The summed E-state index contributed by atoms with van der Waals surface area (Å²) in [6.45, 7) is 7.12. The Morgan fingerprint density at radius 2 is 2.11 bits per heavy atom. The molecule has 2 unspecified atom stereocenters. The molecule has 1 aliphatic rings. The molecule has 3 aromatic rings. The van der Waals surface area contributed by atoms with Gasteiger partial charge in [-0.25, -0.2) is 9.37 Å². The van der Waals surface area contributed by atoms with Gasteiger partial charge in [-0.2, -0.15) is 0 Å². The molecule has 0 radical (unpaired) electrons. The number of likely N-dealkylation sites (tertiary alicyclic amines) is 1. The van der Waals surface area contributed by atoms with Crippen LogP contribution in [0.5, 0.6) is 0 Å². The van der Waals surface area contributed by atoms with Gasteiger partial charge in [-0.05, 0) is 43.5 Å². The van der Waals surface area contributed by atoms with Crippen LogP contribution in [0.2, 0.25) is 0 Å². The van der Waals surface area contributed by atoms with Crippen LogP contribution < -0.4 is 5.32 Å². The van der Waals surface area contributed by atoms with Gasteiger partial charge < -0.3 is 5.32 Å². The normalized spacial score (nSPS) is 20.7. The average molecular weight is 364 g/mol. The Balaban J connectivity index is 1.48. The Morgan fingerprint density at radius 3 is 2.89 bits per heavy atom. The molecule has 1 fully saturated rings. The van der Waals surface area contributed by atoms with E-state index < -0.39 is 0 Å². The molecule has 4 nitrogen and oxygen atoms in total. The molecule has 4 rings (SSSR count). The van der Waals surface area contributed by atoms with Crippen LogP contribution in [-0.2, 0) is 6.54 Å². The minimum atomic E-state index is -0.266. The molecule has 0 spiro atoms. The van der Waals surface area contributed by atoms with Gasteiger partial charge in [0.1, 0.15) is 11.3 Å². The lowest BCUT2D eigenvalue weighted by atomic mass is 9.93. The first kappa shape index (κ1) is 17.9. The van der Waals surface area contributed by atoms with E-state index in [1.54, 1.807) is 6.07 Å². The van der Waals surface area contributed by atoms with Crippen LogP contribution in [0.15, 0.2) is 48.7 Å². The van der Waals surface area contributed by atoms with Crippen LogP contribution >= 0.6 is 0 Å². The maximum absolute atomic E-state index is 14.2. The topological polar surface area (TPSA) is 41.0 Å². The molecule has 2 atom stereocenters. The summed E-state index contributed by atoms with van der Waals surface area (Å²) in [6, 6.07) is 13.6. The van der Waals surface area contributed by atoms with Gasteiger partial charge in [0.25, 0.3) is 0 Å². The summed E-state index contributed by atoms with van der Waals surface area (Å²) < 4.78 is 14.2. The number of hydrogen-bond donors (Lipinski definition) is 1. The van der Waals surface area contributed by atoms with Crippen molar-refractivity contribution in [2.24, 2.45) is 5.92 Å². The third-order valence-electron chi connectivity index (χ3n) is 5.36. The summed E-state index contributed by atoms with van der Waals surface area (Å²) in [4.78, 5) is 11.3. The van der Waals surface area contributed by atoms with E-state index in [-0.39, 0.29) is 5.82 Å². The van der Waals surface area contributed by atoms with Crippen LogP contribution in [0.25, 0.3) is 10.9 Å². The second kappa shape index (κ2) is 7.61. The number of nitrogens with zero attached hydrogens (tertiary/aromatic N) is 3. The molecule has 3 heterocycles. The van der Waals surface area contributed by atoms with Crippen molar-refractivity contribution in [3.8, 4) is 0 Å². The van der Waals surface area contributed by atoms with E-state index in [0.29, 0.717) is 17.5 Å². The van der Waals surface area contributed by atoms with Gasteiger partial charge in [0.05, 0.1) is 5.69 Å². The summed E-state index contributed by atoms with van der Waals surface area (Å²) in [5.41, 5.74) is 3.37.